The molecule has 3 fully saturated rings. The van der Waals surface area contributed by atoms with Gasteiger partial charge in [-0.05, 0) is 55.9 Å². The Labute approximate surface area is 476 Å². The highest BCUT2D eigenvalue weighted by atomic mass is 19.3. The first-order valence-electron chi connectivity index (χ1n) is 28.9. The zero-order chi connectivity index (χ0) is 58.4. The van der Waals surface area contributed by atoms with E-state index in [0.717, 1.165) is 51.4 Å². The molecule has 0 spiro atoms. The molecular weight excluding hydrogens is 1080 g/mol. The second kappa shape index (κ2) is 23.0. The Morgan fingerprint density at radius 3 is 2.41 bits per heavy atom. The monoisotopic (exact) mass is 1150 g/mol. The van der Waals surface area contributed by atoms with Crippen molar-refractivity contribution in [2.75, 3.05) is 65.3 Å². The number of fused-ring (bicyclic) bond motifs is 4. The molecule has 4 aliphatic heterocycles. The fraction of sp³-hybridized carbons (Fsp3) is 0.534. The molecular formula is C58H70F3N14O8+. The average molecular weight is 1150 g/mol. The molecule has 6 amide bonds. The van der Waals surface area contributed by atoms with E-state index < -0.39 is 46.8 Å². The van der Waals surface area contributed by atoms with Crippen LogP contribution in [0.3, 0.4) is 0 Å². The summed E-state index contributed by atoms with van der Waals surface area (Å²) in [6.07, 6.45) is 13.4. The Balaban J connectivity index is 0.604. The highest BCUT2D eigenvalue weighted by Crippen LogP contribution is 2.70. The minimum Gasteiger partial charge on any atom is -0.468 e. The van der Waals surface area contributed by atoms with Crippen LogP contribution in [0.4, 0.5) is 18.9 Å². The number of halogens is 3. The van der Waals surface area contributed by atoms with Crippen LogP contribution in [0.5, 0.6) is 0 Å². The van der Waals surface area contributed by atoms with Crippen LogP contribution >= 0.6 is 0 Å². The molecule has 4 bridgehead atoms. The summed E-state index contributed by atoms with van der Waals surface area (Å²) >= 11 is 0. The molecule has 0 radical (unpaired) electrons. The normalized spacial score (nSPS) is 21.3. The number of rotatable bonds is 21. The van der Waals surface area contributed by atoms with E-state index in [4.69, 9.17) is 10.2 Å². The van der Waals surface area contributed by atoms with E-state index in [0.29, 0.717) is 102 Å². The summed E-state index contributed by atoms with van der Waals surface area (Å²) in [5.41, 5.74) is 3.43. The van der Waals surface area contributed by atoms with Gasteiger partial charge in [-0.15, -0.1) is 9.69 Å². The van der Waals surface area contributed by atoms with E-state index in [1.54, 1.807) is 47.1 Å². The molecule has 22 nitrogen and oxygen atoms in total. The predicted molar refractivity (Wildman–Crippen MR) is 297 cm³/mol. The van der Waals surface area contributed by atoms with Gasteiger partial charge in [0.2, 0.25) is 23.6 Å². The van der Waals surface area contributed by atoms with Crippen LogP contribution in [-0.4, -0.2) is 157 Å². The van der Waals surface area contributed by atoms with Gasteiger partial charge in [0.05, 0.1) is 55.4 Å². The van der Waals surface area contributed by atoms with Crippen LogP contribution in [0.15, 0.2) is 48.9 Å². The predicted octanol–water partition coefficient (Wildman–Crippen LogP) is 5.83. The summed E-state index contributed by atoms with van der Waals surface area (Å²) in [5, 5.41) is 30.6. The number of aromatic amines is 1. The Bertz CT molecular complexity index is 3520. The lowest BCUT2D eigenvalue weighted by Gasteiger charge is -2.39. The van der Waals surface area contributed by atoms with Gasteiger partial charge in [0.25, 0.3) is 11.8 Å². The topological polar surface area (TPSA) is 253 Å². The number of likely N-dealkylation sites (N-methyl/N-ethyl adjacent to an activating group) is 1. The number of esters is 1. The minimum absolute atomic E-state index is 0.00642. The van der Waals surface area contributed by atoms with Gasteiger partial charge in [-0.2, -0.15) is 15.3 Å². The van der Waals surface area contributed by atoms with Crippen molar-refractivity contribution in [1.82, 2.24) is 64.7 Å². The fourth-order valence-electron chi connectivity index (χ4n) is 13.1. The van der Waals surface area contributed by atoms with Gasteiger partial charge in [-0.1, -0.05) is 49.5 Å². The van der Waals surface area contributed by atoms with Gasteiger partial charge < -0.3 is 30.5 Å². The molecule has 25 heteroatoms. The molecule has 2 saturated heterocycles. The van der Waals surface area contributed by atoms with Crippen molar-refractivity contribution in [3.8, 4) is 11.1 Å². The van der Waals surface area contributed by atoms with Crippen LogP contribution in [0.1, 0.15) is 130 Å². The molecule has 1 saturated carbocycles. The van der Waals surface area contributed by atoms with Crippen LogP contribution in [0.2, 0.25) is 0 Å². The number of aromatic nitrogens is 8. The number of piperidine rings is 2. The van der Waals surface area contributed by atoms with Crippen LogP contribution < -0.4 is 20.5 Å². The number of hydrogen-bond acceptors (Lipinski definition) is 12. The number of alkyl halides is 2. The molecule has 2 aromatic carbocycles. The number of unbranched alkanes of at least 4 members (excludes halogenated alkanes) is 5. The molecule has 83 heavy (non-hydrogen) atoms. The van der Waals surface area contributed by atoms with Crippen LogP contribution in [0, 0.1) is 17.2 Å². The quantitative estimate of drug-likeness (QED) is 0.0378. The number of hydrogen-bond donors (Lipinski definition) is 4. The van der Waals surface area contributed by atoms with Crippen molar-refractivity contribution in [2.45, 2.75) is 128 Å². The fourth-order valence-corrected chi connectivity index (χ4v) is 13.1. The van der Waals surface area contributed by atoms with Crippen molar-refractivity contribution in [3.63, 3.8) is 0 Å². The van der Waals surface area contributed by atoms with Crippen molar-refractivity contribution < 1.29 is 51.5 Å². The molecule has 440 valence electrons. The second-order valence-corrected chi connectivity index (χ2v) is 23.3. The van der Waals surface area contributed by atoms with E-state index in [-0.39, 0.29) is 90.8 Å². The summed E-state index contributed by atoms with van der Waals surface area (Å²) in [4.78, 5) is 96.5. The van der Waals surface area contributed by atoms with E-state index >= 15 is 4.39 Å². The first-order valence-corrected chi connectivity index (χ1v) is 28.9. The minimum atomic E-state index is -2.75. The number of methoxy groups -OCH3 is 1. The highest BCUT2D eigenvalue weighted by Gasteiger charge is 2.78. The summed E-state index contributed by atoms with van der Waals surface area (Å²) in [7, 11) is 2.69. The molecule has 2 aliphatic carbocycles. The summed E-state index contributed by atoms with van der Waals surface area (Å²) in [6.45, 7) is 3.11. The van der Waals surface area contributed by atoms with Gasteiger partial charge in [0.1, 0.15) is 37.5 Å². The highest BCUT2D eigenvalue weighted by molar-refractivity contribution is 6.04. The van der Waals surface area contributed by atoms with Crippen molar-refractivity contribution in [2.24, 2.45) is 11.3 Å². The van der Waals surface area contributed by atoms with Crippen molar-refractivity contribution in [3.05, 3.63) is 77.4 Å². The van der Waals surface area contributed by atoms with Crippen molar-refractivity contribution in [1.29, 1.82) is 0 Å². The number of carbonyl (C=O) groups excluding carboxylic acids is 7. The zero-order valence-corrected chi connectivity index (χ0v) is 47.0. The molecule has 2 atom stereocenters. The van der Waals surface area contributed by atoms with Gasteiger partial charge in [0.15, 0.2) is 5.69 Å². The zero-order valence-electron chi connectivity index (χ0n) is 47.0. The molecule has 0 unspecified atom stereocenters. The van der Waals surface area contributed by atoms with Crippen LogP contribution in [0.25, 0.3) is 32.9 Å². The Morgan fingerprint density at radius 1 is 0.880 bits per heavy atom. The summed E-state index contributed by atoms with van der Waals surface area (Å²) < 4.78 is 52.9. The van der Waals surface area contributed by atoms with Gasteiger partial charge in [-0.25, -0.2) is 18.0 Å². The summed E-state index contributed by atoms with van der Waals surface area (Å²) in [5.74, 6) is -6.50. The number of H-pyrrole nitrogens is 1. The number of benzene rings is 2. The van der Waals surface area contributed by atoms with Gasteiger partial charge >= 0.3 is 11.9 Å². The molecule has 4 N–H and O–H groups in total. The van der Waals surface area contributed by atoms with E-state index in [2.05, 4.69) is 36.0 Å². The lowest BCUT2D eigenvalue weighted by molar-refractivity contribution is -0.142. The number of nitrogens with one attached hydrogen (secondary N) is 4. The number of anilines is 1. The maximum absolute atomic E-state index is 16.3. The first-order chi connectivity index (χ1) is 39.9. The van der Waals surface area contributed by atoms with E-state index in [1.165, 1.54) is 25.1 Å². The standard InChI is InChI=1S/C58H69F3N14O8/c1-57-28-43-41(27-46(57)58(57,60)61)55(68-67-43)56(82)66-37-30-64-72(32-37)38-16-21-71(22-17-38)49(78)13-8-6-4-5-7-9-20-62-47(76)14-15-51(80)75-23-18-35(19-24-75)54-53-39(40-26-45-36(25-42(40)59)29-65-74(45)75)11-10-12-44(53)73(69-54)34-50(79)70(2)33-48(77)63-31-52(81)83-3/h10-12,25-26,29-30,32,35,38,46H,4-9,13-24,27-28,31,33-34H2,1-3H3,(H3-,62,63,66,67,68,76,77,82)/p+1/t35?,46-,57+,75?/m1/s1. The maximum Gasteiger partial charge on any atom is 0.340 e. The number of nitrogens with zero attached hydrogens (tertiary/aromatic N) is 10. The van der Waals surface area contributed by atoms with Crippen molar-refractivity contribution >= 4 is 68.9 Å². The maximum atomic E-state index is 16.3. The third-order valence-electron chi connectivity index (χ3n) is 18.2. The molecule has 6 aromatic rings. The van der Waals surface area contributed by atoms with Crippen LogP contribution in [-0.2, 0) is 52.9 Å². The lowest BCUT2D eigenvalue weighted by Crippen LogP contribution is -2.65. The SMILES string of the molecule is COC(=O)CNC(=O)CN(C)C(=O)Cn1nc2c3c(cccc31)-c1cc3c(cnn3[N+]3(C(=O)CCC(=O)NCCCCCCCCC(=O)N4CCC(n5cc(NC(=O)c6n[nH]c7c6C[C@H]6C(F)(F)[C@@]6(C)C7)cn5)CC4)CCC2CC3)cc1F. The Hall–Kier alpha value is -7.96. The third-order valence-corrected chi connectivity index (χ3v) is 18.2. The molecule has 6 aliphatic rings. The Kier molecular flexibility index (Phi) is 15.8. The average Bonchev–Trinajstić information content (AvgIpc) is 1.60. The number of likely N-dealkylation sites (tertiary alicyclic amines) is 1. The van der Waals surface area contributed by atoms with E-state index in [9.17, 15) is 42.3 Å². The first kappa shape index (κ1) is 56.9. The third kappa shape index (κ3) is 11.0. The largest absolute Gasteiger partial charge is 0.468 e. The summed E-state index contributed by atoms with van der Waals surface area (Å²) in [6, 6.07) is 8.62. The molecule has 12 rings (SSSR count). The second-order valence-electron chi connectivity index (χ2n) is 23.3. The van der Waals surface area contributed by atoms with Gasteiger partial charge in [-0.3, -0.25) is 43.2 Å². The lowest BCUT2D eigenvalue weighted by atomic mass is 9.87. The number of ether oxygens (including phenoxy) is 1. The Morgan fingerprint density at radius 2 is 1.64 bits per heavy atom. The molecule has 8 heterocycles. The number of quaternary nitrogens is 1. The molecule has 4 aromatic heterocycles. The number of amides is 6. The number of carbonyl (C=O) groups is 7. The van der Waals surface area contributed by atoms with E-state index in [1.807, 2.05) is 21.7 Å². The smallest absolute Gasteiger partial charge is 0.340 e. The van der Waals surface area contributed by atoms with Gasteiger partial charge in [0, 0.05) is 110 Å².